The van der Waals surface area contributed by atoms with Crippen molar-refractivity contribution in [2.45, 2.75) is 6.42 Å². The number of hydrogen-bond donors (Lipinski definition) is 1. The van der Waals surface area contributed by atoms with Crippen LogP contribution < -0.4 is 5.73 Å². The molecule has 1 aromatic heterocycles. The summed E-state index contributed by atoms with van der Waals surface area (Å²) in [6, 6.07) is 1.30. The Morgan fingerprint density at radius 2 is 2.36 bits per heavy atom. The highest BCUT2D eigenvalue weighted by Gasteiger charge is 2.00. The molecular formula is C7H8ClFN2. The van der Waals surface area contributed by atoms with Gasteiger partial charge in [-0.25, -0.2) is 4.39 Å². The fraction of sp³-hybridized carbons (Fsp3) is 0.286. The summed E-state index contributed by atoms with van der Waals surface area (Å²) in [5.74, 6) is -0.440. The number of nitrogens with zero attached hydrogens (tertiary/aromatic N) is 1. The van der Waals surface area contributed by atoms with E-state index in [1.54, 1.807) is 0 Å². The lowest BCUT2D eigenvalue weighted by Crippen LogP contribution is -2.04. The Bertz CT molecular complexity index is 252. The molecule has 0 aliphatic rings. The van der Waals surface area contributed by atoms with E-state index >= 15 is 0 Å². The summed E-state index contributed by atoms with van der Waals surface area (Å²) in [7, 11) is 0. The molecule has 0 aromatic carbocycles. The van der Waals surface area contributed by atoms with Gasteiger partial charge in [0.05, 0.1) is 5.02 Å². The summed E-state index contributed by atoms with van der Waals surface area (Å²) < 4.78 is 12.7. The van der Waals surface area contributed by atoms with E-state index in [-0.39, 0.29) is 5.02 Å². The molecule has 0 unspecified atom stereocenters. The van der Waals surface area contributed by atoms with Crippen LogP contribution in [0.15, 0.2) is 12.3 Å². The number of aromatic nitrogens is 1. The molecular weight excluding hydrogens is 167 g/mol. The fourth-order valence-corrected chi connectivity index (χ4v) is 0.842. The van der Waals surface area contributed by atoms with Gasteiger partial charge in [0.25, 0.3) is 0 Å². The molecule has 0 saturated carbocycles. The van der Waals surface area contributed by atoms with Crippen molar-refractivity contribution in [2.75, 3.05) is 6.54 Å². The standard InChI is InChI=1S/C7H8ClFN2/c8-6-4-11-5(1-2-10)3-7(6)9/h3-4H,1-2,10H2. The normalized spacial score (nSPS) is 10.1. The summed E-state index contributed by atoms with van der Waals surface area (Å²) in [5, 5.41) is 0.0470. The molecule has 11 heavy (non-hydrogen) atoms. The van der Waals surface area contributed by atoms with Crippen molar-refractivity contribution in [1.82, 2.24) is 4.98 Å². The second-order valence-corrected chi connectivity index (χ2v) is 2.54. The zero-order valence-corrected chi connectivity index (χ0v) is 6.61. The molecule has 0 bridgehead atoms. The van der Waals surface area contributed by atoms with Gasteiger partial charge < -0.3 is 5.73 Å². The van der Waals surface area contributed by atoms with Crippen molar-refractivity contribution in [3.05, 3.63) is 28.8 Å². The molecule has 1 heterocycles. The Labute approximate surface area is 69.2 Å². The maximum absolute atomic E-state index is 12.7. The quantitative estimate of drug-likeness (QED) is 0.736. The second kappa shape index (κ2) is 3.64. The van der Waals surface area contributed by atoms with Crippen LogP contribution in [0, 0.1) is 5.82 Å². The van der Waals surface area contributed by atoms with E-state index in [2.05, 4.69) is 4.98 Å². The van der Waals surface area contributed by atoms with Gasteiger partial charge in [-0.1, -0.05) is 11.6 Å². The Morgan fingerprint density at radius 1 is 1.64 bits per heavy atom. The summed E-state index contributed by atoms with van der Waals surface area (Å²) in [4.78, 5) is 3.88. The van der Waals surface area contributed by atoms with E-state index in [0.29, 0.717) is 18.7 Å². The first kappa shape index (κ1) is 8.43. The lowest BCUT2D eigenvalue weighted by Gasteiger charge is -1.97. The first-order valence-electron chi connectivity index (χ1n) is 3.24. The maximum atomic E-state index is 12.7. The third kappa shape index (κ3) is 2.13. The van der Waals surface area contributed by atoms with E-state index in [0.717, 1.165) is 0 Å². The molecule has 1 aromatic rings. The molecule has 0 fully saturated rings. The smallest absolute Gasteiger partial charge is 0.145 e. The average molecular weight is 175 g/mol. The van der Waals surface area contributed by atoms with E-state index in [1.807, 2.05) is 0 Å². The van der Waals surface area contributed by atoms with Crippen molar-refractivity contribution in [3.8, 4) is 0 Å². The van der Waals surface area contributed by atoms with E-state index in [4.69, 9.17) is 17.3 Å². The van der Waals surface area contributed by atoms with Crippen LogP contribution in [0.25, 0.3) is 0 Å². The third-order valence-electron chi connectivity index (χ3n) is 1.27. The molecule has 0 spiro atoms. The van der Waals surface area contributed by atoms with Gasteiger partial charge in [-0.3, -0.25) is 4.98 Å². The van der Waals surface area contributed by atoms with Crippen molar-refractivity contribution in [3.63, 3.8) is 0 Å². The third-order valence-corrected chi connectivity index (χ3v) is 1.54. The second-order valence-electron chi connectivity index (χ2n) is 2.13. The van der Waals surface area contributed by atoms with Gasteiger partial charge in [0.2, 0.25) is 0 Å². The molecule has 0 aliphatic heterocycles. The molecule has 2 N–H and O–H groups in total. The van der Waals surface area contributed by atoms with Gasteiger partial charge in [-0.2, -0.15) is 0 Å². The van der Waals surface area contributed by atoms with Gasteiger partial charge in [-0.15, -0.1) is 0 Å². The number of hydrogen-bond acceptors (Lipinski definition) is 2. The van der Waals surface area contributed by atoms with Crippen LogP contribution >= 0.6 is 11.6 Å². The lowest BCUT2D eigenvalue weighted by molar-refractivity contribution is 0.622. The molecule has 0 radical (unpaired) electrons. The van der Waals surface area contributed by atoms with Crippen LogP contribution in [-0.2, 0) is 6.42 Å². The highest BCUT2D eigenvalue weighted by atomic mass is 35.5. The van der Waals surface area contributed by atoms with Gasteiger partial charge >= 0.3 is 0 Å². The summed E-state index contributed by atoms with van der Waals surface area (Å²) in [5.41, 5.74) is 5.89. The molecule has 0 atom stereocenters. The zero-order chi connectivity index (χ0) is 8.27. The minimum atomic E-state index is -0.440. The number of rotatable bonds is 2. The van der Waals surface area contributed by atoms with E-state index in [9.17, 15) is 4.39 Å². The van der Waals surface area contributed by atoms with E-state index in [1.165, 1.54) is 12.3 Å². The highest BCUT2D eigenvalue weighted by Crippen LogP contribution is 2.12. The Balaban J connectivity index is 2.86. The fourth-order valence-electron chi connectivity index (χ4n) is 0.738. The van der Waals surface area contributed by atoms with Crippen LogP contribution in [0.2, 0.25) is 5.02 Å². The Kier molecular flexibility index (Phi) is 2.79. The number of halogens is 2. The van der Waals surface area contributed by atoms with Crippen molar-refractivity contribution in [2.24, 2.45) is 5.73 Å². The van der Waals surface area contributed by atoms with Gasteiger partial charge in [0.1, 0.15) is 5.82 Å². The molecule has 0 amide bonds. The number of pyridine rings is 1. The first-order valence-corrected chi connectivity index (χ1v) is 3.62. The van der Waals surface area contributed by atoms with Gasteiger partial charge in [-0.05, 0) is 12.6 Å². The van der Waals surface area contributed by atoms with Crippen LogP contribution in [-0.4, -0.2) is 11.5 Å². The van der Waals surface area contributed by atoms with Crippen LogP contribution in [0.5, 0.6) is 0 Å². The van der Waals surface area contributed by atoms with Crippen LogP contribution in [0.1, 0.15) is 5.69 Å². The largest absolute Gasteiger partial charge is 0.330 e. The van der Waals surface area contributed by atoms with Crippen LogP contribution in [0.4, 0.5) is 4.39 Å². The molecule has 0 saturated heterocycles. The number of nitrogens with two attached hydrogens (primary N) is 1. The predicted molar refractivity (Wildman–Crippen MR) is 42.0 cm³/mol. The molecule has 0 aliphatic carbocycles. The van der Waals surface area contributed by atoms with Gasteiger partial charge in [0, 0.05) is 18.3 Å². The monoisotopic (exact) mass is 174 g/mol. The molecule has 4 heteroatoms. The average Bonchev–Trinajstić information content (AvgIpc) is 1.98. The SMILES string of the molecule is NCCc1cc(F)c(Cl)cn1. The Hall–Kier alpha value is -0.670. The van der Waals surface area contributed by atoms with Crippen LogP contribution in [0.3, 0.4) is 0 Å². The summed E-state index contributed by atoms with van der Waals surface area (Å²) in [6.45, 7) is 0.466. The van der Waals surface area contributed by atoms with Gasteiger partial charge in [0.15, 0.2) is 0 Å². The predicted octanol–water partition coefficient (Wildman–Crippen LogP) is 1.38. The highest BCUT2D eigenvalue weighted by molar-refractivity contribution is 6.30. The minimum Gasteiger partial charge on any atom is -0.330 e. The van der Waals surface area contributed by atoms with Crippen molar-refractivity contribution < 1.29 is 4.39 Å². The Morgan fingerprint density at radius 3 is 2.91 bits per heavy atom. The lowest BCUT2D eigenvalue weighted by atomic mass is 10.3. The summed E-state index contributed by atoms with van der Waals surface area (Å²) in [6.07, 6.45) is 1.87. The zero-order valence-electron chi connectivity index (χ0n) is 5.85. The molecule has 2 nitrogen and oxygen atoms in total. The van der Waals surface area contributed by atoms with Crippen molar-refractivity contribution in [1.29, 1.82) is 0 Å². The van der Waals surface area contributed by atoms with Crippen molar-refractivity contribution >= 4 is 11.6 Å². The molecule has 60 valence electrons. The maximum Gasteiger partial charge on any atom is 0.145 e. The van der Waals surface area contributed by atoms with E-state index < -0.39 is 5.82 Å². The minimum absolute atomic E-state index is 0.0470. The molecule has 1 rings (SSSR count). The topological polar surface area (TPSA) is 38.9 Å². The summed E-state index contributed by atoms with van der Waals surface area (Å²) >= 11 is 5.41. The first-order chi connectivity index (χ1) is 5.24.